The first-order valence-electron chi connectivity index (χ1n) is 7.70. The minimum atomic E-state index is 0.401. The number of nitrogens with zero attached hydrogens (tertiary/aromatic N) is 1. The number of rotatable bonds is 3. The van der Waals surface area contributed by atoms with E-state index in [0.29, 0.717) is 23.8 Å². The van der Waals surface area contributed by atoms with E-state index in [1.807, 2.05) is 0 Å². The van der Waals surface area contributed by atoms with Crippen LogP contribution in [-0.2, 0) is 4.79 Å². The van der Waals surface area contributed by atoms with Crippen LogP contribution in [0.4, 0.5) is 0 Å². The SMILES string of the molecule is CC1CCCCN1C(=O)CC1CCC(CN)CC1. The van der Waals surface area contributed by atoms with E-state index >= 15 is 0 Å². The lowest BCUT2D eigenvalue weighted by Crippen LogP contribution is -2.42. The zero-order valence-corrected chi connectivity index (χ0v) is 11.7. The van der Waals surface area contributed by atoms with Crippen LogP contribution in [0.25, 0.3) is 0 Å². The average Bonchev–Trinajstić information content (AvgIpc) is 2.40. The number of carbonyl (C=O) groups is 1. The highest BCUT2D eigenvalue weighted by Gasteiger charge is 2.27. The van der Waals surface area contributed by atoms with E-state index in [2.05, 4.69) is 11.8 Å². The molecule has 0 aromatic rings. The third kappa shape index (κ3) is 3.47. The maximum absolute atomic E-state index is 12.3. The Morgan fingerprint density at radius 2 is 1.78 bits per heavy atom. The van der Waals surface area contributed by atoms with Crippen molar-refractivity contribution in [3.05, 3.63) is 0 Å². The summed E-state index contributed by atoms with van der Waals surface area (Å²) in [7, 11) is 0. The Morgan fingerprint density at radius 3 is 2.39 bits per heavy atom. The second-order valence-corrected chi connectivity index (χ2v) is 6.26. The Balaban J connectivity index is 1.77. The normalized spacial score (nSPS) is 33.4. The highest BCUT2D eigenvalue weighted by molar-refractivity contribution is 5.76. The molecular weight excluding hydrogens is 224 g/mol. The summed E-state index contributed by atoms with van der Waals surface area (Å²) in [5.41, 5.74) is 5.71. The van der Waals surface area contributed by atoms with E-state index in [1.165, 1.54) is 44.9 Å². The summed E-state index contributed by atoms with van der Waals surface area (Å²) in [6, 6.07) is 0.464. The Labute approximate surface area is 111 Å². The van der Waals surface area contributed by atoms with E-state index in [-0.39, 0.29) is 0 Å². The summed E-state index contributed by atoms with van der Waals surface area (Å²) in [4.78, 5) is 14.5. The van der Waals surface area contributed by atoms with Crippen LogP contribution >= 0.6 is 0 Å². The molecule has 0 bridgehead atoms. The second kappa shape index (κ2) is 6.55. The van der Waals surface area contributed by atoms with Crippen LogP contribution in [0.3, 0.4) is 0 Å². The van der Waals surface area contributed by atoms with Crippen molar-refractivity contribution < 1.29 is 4.79 Å². The van der Waals surface area contributed by atoms with Gasteiger partial charge in [-0.25, -0.2) is 0 Å². The Morgan fingerprint density at radius 1 is 1.11 bits per heavy atom. The third-order valence-corrected chi connectivity index (χ3v) is 4.89. The van der Waals surface area contributed by atoms with Crippen LogP contribution in [0.5, 0.6) is 0 Å². The van der Waals surface area contributed by atoms with E-state index in [4.69, 9.17) is 5.73 Å². The second-order valence-electron chi connectivity index (χ2n) is 6.26. The van der Waals surface area contributed by atoms with Gasteiger partial charge in [-0.15, -0.1) is 0 Å². The van der Waals surface area contributed by atoms with Gasteiger partial charge in [0.1, 0.15) is 0 Å². The van der Waals surface area contributed by atoms with Crippen molar-refractivity contribution in [2.24, 2.45) is 17.6 Å². The zero-order chi connectivity index (χ0) is 13.0. The molecule has 0 aromatic carbocycles. The molecule has 3 heteroatoms. The Bertz CT molecular complexity index is 272. The van der Waals surface area contributed by atoms with Crippen LogP contribution in [0.1, 0.15) is 58.3 Å². The standard InChI is InChI=1S/C15H28N2O/c1-12-4-2-3-9-17(12)15(18)10-13-5-7-14(11-16)8-6-13/h12-14H,2-11,16H2,1H3. The fourth-order valence-electron chi connectivity index (χ4n) is 3.50. The molecule has 104 valence electrons. The summed E-state index contributed by atoms with van der Waals surface area (Å²) in [6.07, 6.45) is 9.30. The van der Waals surface area contributed by atoms with Crippen LogP contribution in [0.15, 0.2) is 0 Å². The van der Waals surface area contributed by atoms with Gasteiger partial charge in [-0.1, -0.05) is 0 Å². The lowest BCUT2D eigenvalue weighted by molar-refractivity contribution is -0.135. The van der Waals surface area contributed by atoms with Gasteiger partial charge in [-0.2, -0.15) is 0 Å². The molecule has 18 heavy (non-hydrogen) atoms. The molecule has 0 radical (unpaired) electrons. The van der Waals surface area contributed by atoms with Crippen molar-refractivity contribution in [1.82, 2.24) is 4.90 Å². The molecule has 2 fully saturated rings. The van der Waals surface area contributed by atoms with Gasteiger partial charge in [-0.3, -0.25) is 4.79 Å². The Kier molecular flexibility index (Phi) is 5.04. The molecule has 3 nitrogen and oxygen atoms in total. The van der Waals surface area contributed by atoms with Crippen molar-refractivity contribution in [3.63, 3.8) is 0 Å². The maximum Gasteiger partial charge on any atom is 0.223 e. The summed E-state index contributed by atoms with van der Waals surface area (Å²) in [5, 5.41) is 0. The molecule has 0 spiro atoms. The van der Waals surface area contributed by atoms with Crippen molar-refractivity contribution >= 4 is 5.91 Å². The number of amides is 1. The molecule has 2 rings (SSSR count). The molecule has 1 heterocycles. The molecule has 2 aliphatic rings. The number of likely N-dealkylation sites (tertiary alicyclic amines) is 1. The topological polar surface area (TPSA) is 46.3 Å². The van der Waals surface area contributed by atoms with Crippen LogP contribution in [-0.4, -0.2) is 29.9 Å². The number of piperidine rings is 1. The van der Waals surface area contributed by atoms with Crippen LogP contribution in [0, 0.1) is 11.8 Å². The summed E-state index contributed by atoms with van der Waals surface area (Å²) >= 11 is 0. The highest BCUT2D eigenvalue weighted by Crippen LogP contribution is 2.31. The summed E-state index contributed by atoms with van der Waals surface area (Å²) in [6.45, 7) is 4.00. The number of hydrogen-bond donors (Lipinski definition) is 1. The summed E-state index contributed by atoms with van der Waals surface area (Å²) in [5.74, 6) is 1.73. The predicted molar refractivity (Wildman–Crippen MR) is 74.1 cm³/mol. The van der Waals surface area contributed by atoms with Crippen molar-refractivity contribution in [2.45, 2.75) is 64.3 Å². The molecule has 1 saturated carbocycles. The fraction of sp³-hybridized carbons (Fsp3) is 0.933. The number of carbonyl (C=O) groups excluding carboxylic acids is 1. The number of hydrogen-bond acceptors (Lipinski definition) is 2. The van der Waals surface area contributed by atoms with Crippen LogP contribution < -0.4 is 5.73 Å². The maximum atomic E-state index is 12.3. The molecule has 1 amide bonds. The van der Waals surface area contributed by atoms with Gasteiger partial charge in [0.05, 0.1) is 0 Å². The molecule has 1 saturated heterocycles. The van der Waals surface area contributed by atoms with E-state index in [0.717, 1.165) is 19.5 Å². The largest absolute Gasteiger partial charge is 0.340 e. The quantitative estimate of drug-likeness (QED) is 0.839. The van der Waals surface area contributed by atoms with Gasteiger partial charge < -0.3 is 10.6 Å². The van der Waals surface area contributed by atoms with Crippen molar-refractivity contribution in [2.75, 3.05) is 13.1 Å². The monoisotopic (exact) mass is 252 g/mol. The average molecular weight is 252 g/mol. The van der Waals surface area contributed by atoms with Gasteiger partial charge in [0.2, 0.25) is 5.91 Å². The molecule has 0 aromatic heterocycles. The first-order chi connectivity index (χ1) is 8.70. The molecule has 1 aliphatic carbocycles. The predicted octanol–water partition coefficient (Wildman–Crippen LogP) is 2.54. The highest BCUT2D eigenvalue weighted by atomic mass is 16.2. The van der Waals surface area contributed by atoms with E-state index in [1.54, 1.807) is 0 Å². The summed E-state index contributed by atoms with van der Waals surface area (Å²) < 4.78 is 0. The van der Waals surface area contributed by atoms with Gasteiger partial charge in [0.25, 0.3) is 0 Å². The lowest BCUT2D eigenvalue weighted by Gasteiger charge is -2.35. The molecular formula is C15H28N2O. The van der Waals surface area contributed by atoms with Gasteiger partial charge in [0.15, 0.2) is 0 Å². The molecule has 1 unspecified atom stereocenters. The Hall–Kier alpha value is -0.570. The minimum absolute atomic E-state index is 0.401. The van der Waals surface area contributed by atoms with E-state index < -0.39 is 0 Å². The number of nitrogens with two attached hydrogens (primary N) is 1. The van der Waals surface area contributed by atoms with Gasteiger partial charge >= 0.3 is 0 Å². The smallest absolute Gasteiger partial charge is 0.223 e. The van der Waals surface area contributed by atoms with E-state index in [9.17, 15) is 4.79 Å². The first kappa shape index (κ1) is 13.9. The zero-order valence-electron chi connectivity index (χ0n) is 11.7. The fourth-order valence-corrected chi connectivity index (χ4v) is 3.50. The third-order valence-electron chi connectivity index (χ3n) is 4.89. The minimum Gasteiger partial charge on any atom is -0.340 e. The molecule has 2 N–H and O–H groups in total. The van der Waals surface area contributed by atoms with Crippen molar-refractivity contribution in [1.29, 1.82) is 0 Å². The van der Waals surface area contributed by atoms with Crippen LogP contribution in [0.2, 0.25) is 0 Å². The molecule has 1 aliphatic heterocycles. The first-order valence-corrected chi connectivity index (χ1v) is 7.70. The van der Waals surface area contributed by atoms with Crippen molar-refractivity contribution in [3.8, 4) is 0 Å². The lowest BCUT2D eigenvalue weighted by atomic mass is 9.80. The van der Waals surface area contributed by atoms with Gasteiger partial charge in [0, 0.05) is 19.0 Å². The van der Waals surface area contributed by atoms with Gasteiger partial charge in [-0.05, 0) is 70.3 Å². The molecule has 1 atom stereocenters.